The second kappa shape index (κ2) is 5.80. The van der Waals surface area contributed by atoms with E-state index in [1.165, 1.54) is 0 Å². The molecule has 0 bridgehead atoms. The summed E-state index contributed by atoms with van der Waals surface area (Å²) >= 11 is 0. The molecule has 0 aromatic heterocycles. The first-order valence-electron chi connectivity index (χ1n) is 5.92. The number of anilines is 1. The van der Waals surface area contributed by atoms with Gasteiger partial charge in [0, 0.05) is 24.7 Å². The Kier molecular flexibility index (Phi) is 4.12. The normalized spacial score (nSPS) is 19.9. The fraction of sp³-hybridized carbons (Fsp3) is 0.462. The summed E-state index contributed by atoms with van der Waals surface area (Å²) in [5.41, 5.74) is 1.96. The maximum atomic E-state index is 11.8. The highest BCUT2D eigenvalue weighted by Gasteiger charge is 2.16. The largest absolute Gasteiger partial charge is 0.378 e. The van der Waals surface area contributed by atoms with Crippen molar-refractivity contribution in [1.29, 1.82) is 0 Å². The molecule has 1 unspecified atom stereocenters. The molecule has 1 aliphatic rings. The van der Waals surface area contributed by atoms with Crippen molar-refractivity contribution in [2.75, 3.05) is 25.1 Å². The van der Waals surface area contributed by atoms with Gasteiger partial charge in [0.1, 0.15) is 0 Å². The first kappa shape index (κ1) is 12.1. The van der Waals surface area contributed by atoms with Crippen LogP contribution >= 0.6 is 0 Å². The standard InChI is InChI=1S/C13H18N2O2/c1-10-4-2-3-5-12(10)15-13(16)8-11-9-17-7-6-14-11/h2-5,11,14H,6-9H2,1H3,(H,15,16). The van der Waals surface area contributed by atoms with Gasteiger partial charge in [-0.2, -0.15) is 0 Å². The molecule has 2 rings (SSSR count). The monoisotopic (exact) mass is 234 g/mol. The number of morpholine rings is 1. The van der Waals surface area contributed by atoms with Gasteiger partial charge in [-0.3, -0.25) is 4.79 Å². The minimum absolute atomic E-state index is 0.0299. The summed E-state index contributed by atoms with van der Waals surface area (Å²) in [4.78, 5) is 11.8. The molecule has 1 amide bonds. The first-order valence-corrected chi connectivity index (χ1v) is 5.92. The molecule has 1 aromatic carbocycles. The van der Waals surface area contributed by atoms with Crippen LogP contribution in [0.15, 0.2) is 24.3 Å². The second-order valence-corrected chi connectivity index (χ2v) is 4.29. The fourth-order valence-electron chi connectivity index (χ4n) is 1.89. The van der Waals surface area contributed by atoms with Gasteiger partial charge in [-0.25, -0.2) is 0 Å². The van der Waals surface area contributed by atoms with Crippen LogP contribution in [-0.2, 0) is 9.53 Å². The van der Waals surface area contributed by atoms with Crippen molar-refractivity contribution in [3.8, 4) is 0 Å². The minimum atomic E-state index is 0.0299. The number of aryl methyl sites for hydroxylation is 1. The Morgan fingerprint density at radius 3 is 3.06 bits per heavy atom. The number of benzene rings is 1. The number of hydrogen-bond donors (Lipinski definition) is 2. The second-order valence-electron chi connectivity index (χ2n) is 4.29. The molecule has 1 fully saturated rings. The van der Waals surface area contributed by atoms with Crippen molar-refractivity contribution >= 4 is 11.6 Å². The Labute approximate surface area is 101 Å². The van der Waals surface area contributed by atoms with Crippen molar-refractivity contribution in [2.45, 2.75) is 19.4 Å². The lowest BCUT2D eigenvalue weighted by Crippen LogP contribution is -2.43. The van der Waals surface area contributed by atoms with E-state index >= 15 is 0 Å². The number of ether oxygens (including phenoxy) is 1. The number of hydrogen-bond acceptors (Lipinski definition) is 3. The van der Waals surface area contributed by atoms with Gasteiger partial charge >= 0.3 is 0 Å². The van der Waals surface area contributed by atoms with Crippen LogP contribution in [0.25, 0.3) is 0 Å². The van der Waals surface area contributed by atoms with E-state index in [0.717, 1.165) is 24.4 Å². The van der Waals surface area contributed by atoms with Crippen molar-refractivity contribution in [3.63, 3.8) is 0 Å². The Balaban J connectivity index is 1.86. The third kappa shape index (κ3) is 3.54. The summed E-state index contributed by atoms with van der Waals surface area (Å²) in [5.74, 6) is 0.0299. The van der Waals surface area contributed by atoms with Crippen LogP contribution < -0.4 is 10.6 Å². The lowest BCUT2D eigenvalue weighted by molar-refractivity contribution is -0.117. The maximum absolute atomic E-state index is 11.8. The van der Waals surface area contributed by atoms with Crippen molar-refractivity contribution in [2.24, 2.45) is 0 Å². The molecule has 1 aromatic rings. The van der Waals surface area contributed by atoms with Gasteiger partial charge in [-0.15, -0.1) is 0 Å². The Hall–Kier alpha value is -1.39. The van der Waals surface area contributed by atoms with Crippen LogP contribution in [0.2, 0.25) is 0 Å². The number of amides is 1. The van der Waals surface area contributed by atoms with Crippen LogP contribution in [-0.4, -0.2) is 31.7 Å². The van der Waals surface area contributed by atoms with Gasteiger partial charge in [0.2, 0.25) is 5.91 Å². The van der Waals surface area contributed by atoms with E-state index < -0.39 is 0 Å². The first-order chi connectivity index (χ1) is 8.25. The lowest BCUT2D eigenvalue weighted by atomic mass is 10.1. The Bertz CT molecular complexity index is 387. The summed E-state index contributed by atoms with van der Waals surface area (Å²) < 4.78 is 5.31. The molecule has 0 spiro atoms. The summed E-state index contributed by atoms with van der Waals surface area (Å²) in [6.45, 7) is 4.15. The predicted molar refractivity (Wildman–Crippen MR) is 67.0 cm³/mol. The third-order valence-corrected chi connectivity index (χ3v) is 2.85. The minimum Gasteiger partial charge on any atom is -0.378 e. The maximum Gasteiger partial charge on any atom is 0.226 e. The fourth-order valence-corrected chi connectivity index (χ4v) is 1.89. The highest BCUT2D eigenvalue weighted by molar-refractivity contribution is 5.91. The zero-order valence-corrected chi connectivity index (χ0v) is 10.0. The van der Waals surface area contributed by atoms with E-state index in [0.29, 0.717) is 13.0 Å². The van der Waals surface area contributed by atoms with E-state index in [1.54, 1.807) is 0 Å². The highest BCUT2D eigenvalue weighted by atomic mass is 16.5. The smallest absolute Gasteiger partial charge is 0.226 e. The quantitative estimate of drug-likeness (QED) is 0.829. The molecule has 0 saturated carbocycles. The summed E-state index contributed by atoms with van der Waals surface area (Å²) in [6, 6.07) is 7.91. The van der Waals surface area contributed by atoms with Crippen LogP contribution in [0.3, 0.4) is 0 Å². The average molecular weight is 234 g/mol. The molecule has 4 nitrogen and oxygen atoms in total. The number of para-hydroxylation sites is 1. The van der Waals surface area contributed by atoms with Crippen LogP contribution in [0.1, 0.15) is 12.0 Å². The molecular weight excluding hydrogens is 216 g/mol. The van der Waals surface area contributed by atoms with Gasteiger partial charge < -0.3 is 15.4 Å². The van der Waals surface area contributed by atoms with Gasteiger partial charge in [0.25, 0.3) is 0 Å². The Morgan fingerprint density at radius 2 is 2.35 bits per heavy atom. The lowest BCUT2D eigenvalue weighted by Gasteiger charge is -2.23. The molecule has 0 aliphatic carbocycles. The molecule has 2 N–H and O–H groups in total. The molecule has 1 saturated heterocycles. The van der Waals surface area contributed by atoms with Crippen LogP contribution in [0, 0.1) is 6.92 Å². The zero-order chi connectivity index (χ0) is 12.1. The van der Waals surface area contributed by atoms with E-state index in [9.17, 15) is 4.79 Å². The number of carbonyl (C=O) groups is 1. The number of carbonyl (C=O) groups excluding carboxylic acids is 1. The zero-order valence-electron chi connectivity index (χ0n) is 10.0. The van der Waals surface area contributed by atoms with Gasteiger partial charge in [0.15, 0.2) is 0 Å². The number of nitrogens with one attached hydrogen (secondary N) is 2. The van der Waals surface area contributed by atoms with E-state index in [4.69, 9.17) is 4.74 Å². The molecule has 0 radical (unpaired) electrons. The topological polar surface area (TPSA) is 50.4 Å². The molecule has 1 atom stereocenters. The average Bonchev–Trinajstić information content (AvgIpc) is 2.33. The molecule has 1 aliphatic heterocycles. The number of rotatable bonds is 3. The van der Waals surface area contributed by atoms with E-state index in [-0.39, 0.29) is 11.9 Å². The van der Waals surface area contributed by atoms with Crippen LogP contribution in [0.5, 0.6) is 0 Å². The van der Waals surface area contributed by atoms with Gasteiger partial charge in [-0.05, 0) is 18.6 Å². The molecule has 17 heavy (non-hydrogen) atoms. The molecule has 1 heterocycles. The molecule has 4 heteroatoms. The molecular formula is C13H18N2O2. The van der Waals surface area contributed by atoms with E-state index in [2.05, 4.69) is 10.6 Å². The van der Waals surface area contributed by atoms with Crippen molar-refractivity contribution in [3.05, 3.63) is 29.8 Å². The third-order valence-electron chi connectivity index (χ3n) is 2.85. The van der Waals surface area contributed by atoms with E-state index in [1.807, 2.05) is 31.2 Å². The highest BCUT2D eigenvalue weighted by Crippen LogP contribution is 2.13. The predicted octanol–water partition coefficient (Wildman–Crippen LogP) is 1.31. The van der Waals surface area contributed by atoms with Gasteiger partial charge in [-0.1, -0.05) is 18.2 Å². The molecule has 92 valence electrons. The SMILES string of the molecule is Cc1ccccc1NC(=O)CC1COCCN1. The Morgan fingerprint density at radius 1 is 1.53 bits per heavy atom. The van der Waals surface area contributed by atoms with Crippen molar-refractivity contribution < 1.29 is 9.53 Å². The summed E-state index contributed by atoms with van der Waals surface area (Å²) in [7, 11) is 0. The van der Waals surface area contributed by atoms with Crippen LogP contribution in [0.4, 0.5) is 5.69 Å². The summed E-state index contributed by atoms with van der Waals surface area (Å²) in [5, 5.41) is 6.19. The van der Waals surface area contributed by atoms with Crippen molar-refractivity contribution in [1.82, 2.24) is 5.32 Å². The van der Waals surface area contributed by atoms with Gasteiger partial charge in [0.05, 0.1) is 13.2 Å². The summed E-state index contributed by atoms with van der Waals surface area (Å²) in [6.07, 6.45) is 0.453.